The lowest BCUT2D eigenvalue weighted by atomic mass is 10.1. The van der Waals surface area contributed by atoms with E-state index in [-0.39, 0.29) is 30.6 Å². The van der Waals surface area contributed by atoms with Gasteiger partial charge in [0.25, 0.3) is 0 Å². The van der Waals surface area contributed by atoms with Crippen molar-refractivity contribution >= 4 is 11.9 Å². The van der Waals surface area contributed by atoms with Crippen molar-refractivity contribution in [2.24, 2.45) is 5.92 Å². The number of hydrogen-bond acceptors (Lipinski definition) is 4. The number of esters is 2. The van der Waals surface area contributed by atoms with Crippen LogP contribution in [0.1, 0.15) is 27.7 Å². The first-order chi connectivity index (χ1) is 6.93. The summed E-state index contributed by atoms with van der Waals surface area (Å²) in [4.78, 5) is 21.2. The van der Waals surface area contributed by atoms with E-state index >= 15 is 0 Å². The third-order valence-electron chi connectivity index (χ3n) is 1.67. The van der Waals surface area contributed by atoms with Crippen LogP contribution < -0.4 is 0 Å². The van der Waals surface area contributed by atoms with Gasteiger partial charge in [-0.1, -0.05) is 13.8 Å². The Balaban J connectivity index is 4.04. The molecule has 0 aliphatic rings. The van der Waals surface area contributed by atoms with Crippen LogP contribution in [0.5, 0.6) is 0 Å². The lowest BCUT2D eigenvalue weighted by Gasteiger charge is -2.16. The molecular weight excluding hydrogens is 196 g/mol. The van der Waals surface area contributed by atoms with Crippen molar-refractivity contribution in [2.75, 3.05) is 6.61 Å². The lowest BCUT2D eigenvalue weighted by Crippen LogP contribution is -2.20. The standard InChI is InChI=1S/C11H18O4/c1-8(2)11(15-10(4)13)6-5-7-14-9(3)12/h5-6,8,11H,7H2,1-4H3/t11-/m0/s1. The smallest absolute Gasteiger partial charge is 0.303 e. The fraction of sp³-hybridized carbons (Fsp3) is 0.636. The van der Waals surface area contributed by atoms with Crippen LogP contribution in [0.25, 0.3) is 0 Å². The Morgan fingerprint density at radius 2 is 1.80 bits per heavy atom. The van der Waals surface area contributed by atoms with Crippen molar-refractivity contribution in [3.63, 3.8) is 0 Å². The zero-order chi connectivity index (χ0) is 11.8. The maximum absolute atomic E-state index is 10.8. The van der Waals surface area contributed by atoms with Crippen molar-refractivity contribution in [1.82, 2.24) is 0 Å². The molecule has 4 nitrogen and oxygen atoms in total. The Labute approximate surface area is 90.2 Å². The summed E-state index contributed by atoms with van der Waals surface area (Å²) >= 11 is 0. The largest absolute Gasteiger partial charge is 0.462 e. The van der Waals surface area contributed by atoms with E-state index in [4.69, 9.17) is 9.47 Å². The molecule has 1 atom stereocenters. The van der Waals surface area contributed by atoms with Gasteiger partial charge < -0.3 is 9.47 Å². The highest BCUT2D eigenvalue weighted by Gasteiger charge is 2.12. The fourth-order valence-corrected chi connectivity index (χ4v) is 0.944. The van der Waals surface area contributed by atoms with E-state index in [9.17, 15) is 9.59 Å². The van der Waals surface area contributed by atoms with Gasteiger partial charge in [0.2, 0.25) is 0 Å². The van der Waals surface area contributed by atoms with Gasteiger partial charge in [0.05, 0.1) is 0 Å². The summed E-state index contributed by atoms with van der Waals surface area (Å²) in [6.45, 7) is 6.82. The van der Waals surface area contributed by atoms with E-state index < -0.39 is 0 Å². The number of hydrogen-bond donors (Lipinski definition) is 0. The molecule has 0 aromatic rings. The molecule has 0 aliphatic heterocycles. The summed E-state index contributed by atoms with van der Waals surface area (Å²) in [5, 5.41) is 0. The molecule has 0 unspecified atom stereocenters. The minimum Gasteiger partial charge on any atom is -0.462 e. The number of carbonyl (C=O) groups is 2. The van der Waals surface area contributed by atoms with E-state index in [0.29, 0.717) is 0 Å². The molecule has 0 saturated heterocycles. The molecule has 0 saturated carbocycles. The van der Waals surface area contributed by atoms with Crippen molar-refractivity contribution in [1.29, 1.82) is 0 Å². The van der Waals surface area contributed by atoms with Crippen LogP contribution in [-0.4, -0.2) is 24.6 Å². The van der Waals surface area contributed by atoms with Gasteiger partial charge >= 0.3 is 11.9 Å². The van der Waals surface area contributed by atoms with Crippen LogP contribution >= 0.6 is 0 Å². The topological polar surface area (TPSA) is 52.6 Å². The first kappa shape index (κ1) is 13.7. The second-order valence-corrected chi connectivity index (χ2v) is 3.55. The predicted molar refractivity (Wildman–Crippen MR) is 56.2 cm³/mol. The molecule has 0 fully saturated rings. The Morgan fingerprint density at radius 1 is 1.20 bits per heavy atom. The van der Waals surface area contributed by atoms with Crippen molar-refractivity contribution in [2.45, 2.75) is 33.8 Å². The van der Waals surface area contributed by atoms with E-state index in [1.807, 2.05) is 13.8 Å². The SMILES string of the molecule is CC(=O)OCC=C[C@H](OC(C)=O)C(C)C. The molecule has 0 aromatic heterocycles. The molecule has 0 aliphatic carbocycles. The van der Waals surface area contributed by atoms with Gasteiger partial charge in [0.15, 0.2) is 0 Å². The monoisotopic (exact) mass is 214 g/mol. The quantitative estimate of drug-likeness (QED) is 0.516. The molecule has 4 heteroatoms. The fourth-order valence-electron chi connectivity index (χ4n) is 0.944. The Morgan fingerprint density at radius 3 is 2.20 bits per heavy atom. The second-order valence-electron chi connectivity index (χ2n) is 3.55. The van der Waals surface area contributed by atoms with Gasteiger partial charge in [0.1, 0.15) is 12.7 Å². The Bertz CT molecular complexity index is 243. The maximum Gasteiger partial charge on any atom is 0.303 e. The van der Waals surface area contributed by atoms with Crippen LogP contribution in [0.4, 0.5) is 0 Å². The van der Waals surface area contributed by atoms with Gasteiger partial charge in [-0.05, 0) is 18.1 Å². The van der Waals surface area contributed by atoms with Crippen LogP contribution in [-0.2, 0) is 19.1 Å². The average Bonchev–Trinajstić information content (AvgIpc) is 2.08. The van der Waals surface area contributed by atoms with Gasteiger partial charge in [-0.25, -0.2) is 0 Å². The Hall–Kier alpha value is -1.32. The molecule has 0 amide bonds. The predicted octanol–water partition coefficient (Wildman–Crippen LogP) is 1.69. The van der Waals surface area contributed by atoms with Crippen LogP contribution in [0.3, 0.4) is 0 Å². The van der Waals surface area contributed by atoms with Gasteiger partial charge in [0, 0.05) is 13.8 Å². The zero-order valence-corrected chi connectivity index (χ0v) is 9.65. The summed E-state index contributed by atoms with van der Waals surface area (Å²) in [5.74, 6) is -0.443. The first-order valence-electron chi connectivity index (χ1n) is 4.90. The number of carbonyl (C=O) groups excluding carboxylic acids is 2. The van der Waals surface area contributed by atoms with E-state index in [1.165, 1.54) is 13.8 Å². The van der Waals surface area contributed by atoms with Crippen molar-refractivity contribution in [3.05, 3.63) is 12.2 Å². The van der Waals surface area contributed by atoms with Gasteiger partial charge in [-0.3, -0.25) is 9.59 Å². The number of ether oxygens (including phenoxy) is 2. The van der Waals surface area contributed by atoms with Crippen molar-refractivity contribution in [3.8, 4) is 0 Å². The van der Waals surface area contributed by atoms with Crippen molar-refractivity contribution < 1.29 is 19.1 Å². The van der Waals surface area contributed by atoms with E-state index in [2.05, 4.69) is 0 Å². The molecule has 0 radical (unpaired) electrons. The highest BCUT2D eigenvalue weighted by Crippen LogP contribution is 2.08. The van der Waals surface area contributed by atoms with Gasteiger partial charge in [-0.15, -0.1) is 0 Å². The highest BCUT2D eigenvalue weighted by molar-refractivity contribution is 5.66. The normalized spacial score (nSPS) is 12.9. The molecule has 0 heterocycles. The zero-order valence-electron chi connectivity index (χ0n) is 9.65. The summed E-state index contributed by atoms with van der Waals surface area (Å²) in [6.07, 6.45) is 3.14. The molecule has 0 bridgehead atoms. The van der Waals surface area contributed by atoms with E-state index in [1.54, 1.807) is 12.2 Å². The minimum absolute atomic E-state index is 0.197. The van der Waals surface area contributed by atoms with Crippen LogP contribution in [0.2, 0.25) is 0 Å². The molecule has 0 spiro atoms. The third kappa shape index (κ3) is 7.73. The summed E-state index contributed by atoms with van der Waals surface area (Å²) in [6, 6.07) is 0. The summed E-state index contributed by atoms with van der Waals surface area (Å²) in [7, 11) is 0. The summed E-state index contributed by atoms with van der Waals surface area (Å²) < 4.78 is 9.76. The Kier molecular flexibility index (Phi) is 6.42. The average molecular weight is 214 g/mol. The summed E-state index contributed by atoms with van der Waals surface area (Å²) in [5.41, 5.74) is 0. The highest BCUT2D eigenvalue weighted by atomic mass is 16.5. The third-order valence-corrected chi connectivity index (χ3v) is 1.67. The maximum atomic E-state index is 10.8. The molecule has 0 rings (SSSR count). The minimum atomic E-state index is -0.326. The number of rotatable bonds is 5. The van der Waals surface area contributed by atoms with Gasteiger partial charge in [-0.2, -0.15) is 0 Å². The van der Waals surface area contributed by atoms with Crippen LogP contribution in [0, 0.1) is 5.92 Å². The molecule has 86 valence electrons. The molecule has 0 aromatic carbocycles. The van der Waals surface area contributed by atoms with Crippen LogP contribution in [0.15, 0.2) is 12.2 Å². The molecule has 0 N–H and O–H groups in total. The molecule has 15 heavy (non-hydrogen) atoms. The molecular formula is C11H18O4. The second kappa shape index (κ2) is 7.04. The van der Waals surface area contributed by atoms with E-state index in [0.717, 1.165) is 0 Å². The first-order valence-corrected chi connectivity index (χ1v) is 4.90. The lowest BCUT2D eigenvalue weighted by molar-refractivity contribution is -0.146.